The van der Waals surface area contributed by atoms with Crippen LogP contribution < -0.4 is 4.72 Å². The Morgan fingerprint density at radius 3 is 2.42 bits per heavy atom. The van der Waals surface area contributed by atoms with Gasteiger partial charge in [0.1, 0.15) is 0 Å². The van der Waals surface area contributed by atoms with Crippen molar-refractivity contribution in [2.75, 3.05) is 11.8 Å². The summed E-state index contributed by atoms with van der Waals surface area (Å²) in [5.74, 6) is -1.03. The highest BCUT2D eigenvalue weighted by molar-refractivity contribution is 7.92. The molecule has 0 radical (unpaired) electrons. The summed E-state index contributed by atoms with van der Waals surface area (Å²) in [5, 5.41) is 0.568. The van der Waals surface area contributed by atoms with E-state index in [1.807, 2.05) is 13.0 Å². The summed E-state index contributed by atoms with van der Waals surface area (Å²) in [5.41, 5.74) is 2.79. The van der Waals surface area contributed by atoms with Gasteiger partial charge in [-0.05, 0) is 55.3 Å². The van der Waals surface area contributed by atoms with Crippen molar-refractivity contribution in [2.45, 2.75) is 18.7 Å². The Morgan fingerprint density at radius 1 is 0.939 bits per heavy atom. The number of anilines is 1. The van der Waals surface area contributed by atoms with E-state index in [-0.39, 0.29) is 16.0 Å². The van der Waals surface area contributed by atoms with Gasteiger partial charge in [0.2, 0.25) is 0 Å². The predicted octanol–water partition coefficient (Wildman–Crippen LogP) is 4.53. The number of hydrogen-bond acceptors (Lipinski definition) is 5. The molecule has 1 heterocycles. The van der Waals surface area contributed by atoms with E-state index >= 15 is 0 Å². The number of benzene rings is 3. The van der Waals surface area contributed by atoms with E-state index in [0.717, 1.165) is 5.56 Å². The number of ether oxygens (including phenoxy) is 1. The van der Waals surface area contributed by atoms with Crippen LogP contribution in [-0.4, -0.2) is 32.0 Å². The monoisotopic (exact) mass is 462 g/mol. The molecule has 0 atom stereocenters. The number of fused-ring (bicyclic) bond motifs is 1. The van der Waals surface area contributed by atoms with Gasteiger partial charge >= 0.3 is 5.97 Å². The Balaban J connectivity index is 1.77. The molecule has 0 bridgehead atoms. The zero-order chi connectivity index (χ0) is 23.8. The summed E-state index contributed by atoms with van der Waals surface area (Å²) in [6, 6.07) is 18.5. The molecule has 0 aliphatic carbocycles. The van der Waals surface area contributed by atoms with Crippen LogP contribution in [0.2, 0.25) is 0 Å². The van der Waals surface area contributed by atoms with Crippen LogP contribution >= 0.6 is 0 Å². The van der Waals surface area contributed by atoms with Crippen molar-refractivity contribution < 1.29 is 22.7 Å². The van der Waals surface area contributed by atoms with Gasteiger partial charge in [-0.2, -0.15) is 0 Å². The highest BCUT2D eigenvalue weighted by atomic mass is 32.2. The first kappa shape index (κ1) is 22.3. The number of para-hydroxylation sites is 1. The molecule has 0 saturated carbocycles. The van der Waals surface area contributed by atoms with Crippen molar-refractivity contribution in [3.05, 3.63) is 95.2 Å². The van der Waals surface area contributed by atoms with Gasteiger partial charge in [-0.25, -0.2) is 13.2 Å². The summed E-state index contributed by atoms with van der Waals surface area (Å²) in [6.45, 7) is 3.53. The van der Waals surface area contributed by atoms with Gasteiger partial charge < -0.3 is 4.74 Å². The lowest BCUT2D eigenvalue weighted by atomic mass is 10.1. The van der Waals surface area contributed by atoms with Crippen LogP contribution in [-0.2, 0) is 14.8 Å². The van der Waals surface area contributed by atoms with E-state index < -0.39 is 21.9 Å². The molecule has 4 aromatic rings. The summed E-state index contributed by atoms with van der Waals surface area (Å²) in [6.07, 6.45) is 1.41. The quantitative estimate of drug-likeness (QED) is 0.440. The lowest BCUT2D eigenvalue weighted by molar-refractivity contribution is 0.0603. The molecule has 8 heteroatoms. The van der Waals surface area contributed by atoms with Crippen molar-refractivity contribution >= 4 is 38.5 Å². The zero-order valence-electron chi connectivity index (χ0n) is 18.3. The molecule has 0 saturated heterocycles. The van der Waals surface area contributed by atoms with Crippen molar-refractivity contribution in [2.24, 2.45) is 0 Å². The Hall–Kier alpha value is -3.91. The topological polar surface area (TPSA) is 94.5 Å². The summed E-state index contributed by atoms with van der Waals surface area (Å²) in [4.78, 5) is 25.6. The van der Waals surface area contributed by atoms with Gasteiger partial charge in [0.25, 0.3) is 15.9 Å². The van der Waals surface area contributed by atoms with E-state index in [0.29, 0.717) is 22.2 Å². The number of methoxy groups -OCH3 is 1. The summed E-state index contributed by atoms with van der Waals surface area (Å²) < 4.78 is 34.9. The van der Waals surface area contributed by atoms with Crippen molar-refractivity contribution in [3.8, 4) is 0 Å². The number of carbonyl (C=O) groups is 2. The molecule has 0 amide bonds. The highest BCUT2D eigenvalue weighted by Crippen LogP contribution is 2.25. The highest BCUT2D eigenvalue weighted by Gasteiger charge is 2.23. The Labute approximate surface area is 191 Å². The second-order valence-corrected chi connectivity index (χ2v) is 9.33. The minimum atomic E-state index is -3.94. The summed E-state index contributed by atoms with van der Waals surface area (Å²) in [7, 11) is -2.67. The Morgan fingerprint density at radius 2 is 1.70 bits per heavy atom. The maximum Gasteiger partial charge on any atom is 0.340 e. The smallest absolute Gasteiger partial charge is 0.340 e. The van der Waals surface area contributed by atoms with Gasteiger partial charge in [0, 0.05) is 22.8 Å². The second kappa shape index (κ2) is 8.55. The Kier molecular flexibility index (Phi) is 5.78. The molecule has 3 aromatic carbocycles. The molecule has 0 aliphatic heterocycles. The zero-order valence-corrected chi connectivity index (χ0v) is 19.1. The third-order valence-electron chi connectivity index (χ3n) is 5.33. The standard InChI is InChI=1S/C25H22N2O5S/c1-16-7-6-8-19(13-16)26-33(30,31)23-14-18(12-11-17(23)2)24(28)27-15-21(25(29)32-3)20-9-4-5-10-22(20)27/h4-15,26H,1-3H3. The van der Waals surface area contributed by atoms with Crippen LogP contribution in [0.3, 0.4) is 0 Å². The van der Waals surface area contributed by atoms with Crippen LogP contribution in [0.4, 0.5) is 5.69 Å². The molecule has 168 valence electrons. The average Bonchev–Trinajstić information content (AvgIpc) is 3.18. The van der Waals surface area contributed by atoms with Gasteiger partial charge in [0.15, 0.2) is 0 Å². The third kappa shape index (κ3) is 4.25. The molecule has 0 aliphatic rings. The first-order chi connectivity index (χ1) is 15.7. The first-order valence-electron chi connectivity index (χ1n) is 10.1. The normalized spacial score (nSPS) is 11.4. The minimum Gasteiger partial charge on any atom is -0.465 e. The number of hydrogen-bond donors (Lipinski definition) is 1. The maximum absolute atomic E-state index is 13.4. The minimum absolute atomic E-state index is 0.000454. The SMILES string of the molecule is COC(=O)c1cn(C(=O)c2ccc(C)c(S(=O)(=O)Nc3cccc(C)c3)c2)c2ccccc12. The van der Waals surface area contributed by atoms with Crippen molar-refractivity contribution in [3.63, 3.8) is 0 Å². The molecule has 0 spiro atoms. The molecule has 33 heavy (non-hydrogen) atoms. The molecule has 7 nitrogen and oxygen atoms in total. The van der Waals surface area contributed by atoms with Gasteiger partial charge in [-0.3, -0.25) is 14.1 Å². The van der Waals surface area contributed by atoms with Crippen LogP contribution in [0, 0.1) is 13.8 Å². The Bertz CT molecular complexity index is 1500. The van der Waals surface area contributed by atoms with Crippen molar-refractivity contribution in [1.82, 2.24) is 4.57 Å². The lowest BCUT2D eigenvalue weighted by Gasteiger charge is -2.13. The van der Waals surface area contributed by atoms with Gasteiger partial charge in [-0.15, -0.1) is 0 Å². The van der Waals surface area contributed by atoms with Gasteiger partial charge in [0.05, 0.1) is 23.1 Å². The first-order valence-corrected chi connectivity index (χ1v) is 11.6. The summed E-state index contributed by atoms with van der Waals surface area (Å²) >= 11 is 0. The molecule has 4 rings (SSSR count). The number of sulfonamides is 1. The second-order valence-electron chi connectivity index (χ2n) is 7.68. The fourth-order valence-corrected chi connectivity index (χ4v) is 5.02. The van der Waals surface area contributed by atoms with Crippen LogP contribution in [0.15, 0.2) is 77.8 Å². The van der Waals surface area contributed by atoms with E-state index in [4.69, 9.17) is 4.74 Å². The molecular formula is C25H22N2O5S. The molecule has 0 unspecified atom stereocenters. The van der Waals surface area contributed by atoms with Crippen LogP contribution in [0.1, 0.15) is 31.8 Å². The van der Waals surface area contributed by atoms with E-state index in [2.05, 4.69) is 4.72 Å². The number of nitrogens with zero attached hydrogens (tertiary/aromatic N) is 1. The number of nitrogens with one attached hydrogen (secondary N) is 1. The lowest BCUT2D eigenvalue weighted by Crippen LogP contribution is -2.17. The fraction of sp³-hybridized carbons (Fsp3) is 0.120. The van der Waals surface area contributed by atoms with Gasteiger partial charge in [-0.1, -0.05) is 36.4 Å². The molecular weight excluding hydrogens is 440 g/mol. The van der Waals surface area contributed by atoms with Crippen molar-refractivity contribution in [1.29, 1.82) is 0 Å². The molecule has 1 N–H and O–H groups in total. The fourth-order valence-electron chi connectivity index (χ4n) is 3.70. The van der Waals surface area contributed by atoms with Crippen LogP contribution in [0.25, 0.3) is 10.9 Å². The molecule has 0 fully saturated rings. The number of carbonyl (C=O) groups excluding carboxylic acids is 2. The average molecular weight is 463 g/mol. The van der Waals surface area contributed by atoms with Crippen LogP contribution in [0.5, 0.6) is 0 Å². The number of aromatic nitrogens is 1. The van der Waals surface area contributed by atoms with E-state index in [9.17, 15) is 18.0 Å². The molecule has 1 aromatic heterocycles. The number of rotatable bonds is 5. The largest absolute Gasteiger partial charge is 0.465 e. The predicted molar refractivity (Wildman–Crippen MR) is 126 cm³/mol. The number of esters is 1. The number of aryl methyl sites for hydroxylation is 2. The third-order valence-corrected chi connectivity index (χ3v) is 6.85. The maximum atomic E-state index is 13.4. The van der Waals surface area contributed by atoms with E-state index in [1.165, 1.54) is 23.9 Å². The van der Waals surface area contributed by atoms with E-state index in [1.54, 1.807) is 61.5 Å².